The first-order valence-electron chi connectivity index (χ1n) is 8.95. The summed E-state index contributed by atoms with van der Waals surface area (Å²) in [5, 5.41) is 7.36. The van der Waals surface area contributed by atoms with Crippen molar-refractivity contribution in [3.63, 3.8) is 0 Å². The molecule has 1 aliphatic rings. The summed E-state index contributed by atoms with van der Waals surface area (Å²) in [5.41, 5.74) is 1.62. The summed E-state index contributed by atoms with van der Waals surface area (Å²) < 4.78 is 8.35. The second-order valence-corrected chi connectivity index (χ2v) is 6.72. The van der Waals surface area contributed by atoms with E-state index in [2.05, 4.69) is 10.4 Å². The number of carbonyl (C=O) groups is 1. The molecule has 1 aliphatic carbocycles. The van der Waals surface area contributed by atoms with Gasteiger partial charge >= 0.3 is 0 Å². The fraction of sp³-hybridized carbons (Fsp3) is 0.500. The van der Waals surface area contributed by atoms with Gasteiger partial charge in [-0.25, -0.2) is 4.68 Å². The fourth-order valence-electron chi connectivity index (χ4n) is 3.75. The number of aromatic nitrogens is 3. The summed E-state index contributed by atoms with van der Waals surface area (Å²) in [5.74, 6) is -0.122. The van der Waals surface area contributed by atoms with E-state index in [1.54, 1.807) is 29.1 Å². The maximum Gasteiger partial charge on any atom is 0.291 e. The van der Waals surface area contributed by atoms with E-state index < -0.39 is 6.04 Å². The number of furan rings is 1. The van der Waals surface area contributed by atoms with Crippen LogP contribution in [0, 0.1) is 0 Å². The van der Waals surface area contributed by atoms with E-state index in [0.29, 0.717) is 17.5 Å². The second kappa shape index (κ2) is 6.38. The molecule has 3 aromatic rings. The minimum atomic E-state index is -0.597. The van der Waals surface area contributed by atoms with Crippen molar-refractivity contribution in [3.05, 3.63) is 35.1 Å². The molecule has 0 saturated heterocycles. The predicted molar refractivity (Wildman–Crippen MR) is 93.6 cm³/mol. The molecule has 25 heavy (non-hydrogen) atoms. The lowest BCUT2D eigenvalue weighted by atomic mass is 9.95. The minimum Gasteiger partial charge on any atom is -0.463 e. The smallest absolute Gasteiger partial charge is 0.291 e. The van der Waals surface area contributed by atoms with E-state index in [1.165, 1.54) is 11.1 Å². The van der Waals surface area contributed by atoms with Crippen LogP contribution in [0.4, 0.5) is 0 Å². The van der Waals surface area contributed by atoms with Gasteiger partial charge in [0.1, 0.15) is 17.9 Å². The lowest BCUT2D eigenvalue weighted by Gasteiger charge is -2.25. The molecule has 7 heteroatoms. The number of nitrogens with zero attached hydrogens (tertiary/aromatic N) is 3. The Morgan fingerprint density at radius 2 is 2.16 bits per heavy atom. The van der Waals surface area contributed by atoms with Gasteiger partial charge in [0.05, 0.1) is 11.8 Å². The largest absolute Gasteiger partial charge is 0.463 e. The first-order chi connectivity index (χ1) is 12.2. The minimum absolute atomic E-state index is 0.122. The zero-order valence-electron chi connectivity index (χ0n) is 14.3. The first-order valence-corrected chi connectivity index (χ1v) is 8.95. The highest BCUT2D eigenvalue weighted by Gasteiger charge is 2.25. The molecule has 1 unspecified atom stereocenters. The third-order valence-electron chi connectivity index (χ3n) is 5.12. The van der Waals surface area contributed by atoms with Gasteiger partial charge < -0.3 is 9.73 Å². The van der Waals surface area contributed by atoms with Crippen LogP contribution in [-0.4, -0.2) is 26.1 Å². The molecule has 1 N–H and O–H groups in total. The number of rotatable bonds is 4. The zero-order chi connectivity index (χ0) is 17.4. The van der Waals surface area contributed by atoms with Crippen molar-refractivity contribution in [2.75, 3.05) is 0 Å². The molecule has 3 heterocycles. The van der Waals surface area contributed by atoms with Crippen LogP contribution in [-0.2, 0) is 4.79 Å². The Kier molecular flexibility index (Phi) is 4.07. The monoisotopic (exact) mass is 342 g/mol. The highest BCUT2D eigenvalue weighted by molar-refractivity contribution is 5.83. The first kappa shape index (κ1) is 15.9. The Balaban J connectivity index is 1.66. The van der Waals surface area contributed by atoms with E-state index >= 15 is 0 Å². The van der Waals surface area contributed by atoms with Crippen LogP contribution in [0.15, 0.2) is 33.9 Å². The number of fused-ring (bicyclic) bond motifs is 3. The van der Waals surface area contributed by atoms with Crippen LogP contribution in [0.5, 0.6) is 0 Å². The van der Waals surface area contributed by atoms with E-state index in [0.717, 1.165) is 31.2 Å². The van der Waals surface area contributed by atoms with Crippen LogP contribution in [0.1, 0.15) is 51.5 Å². The Morgan fingerprint density at radius 1 is 1.36 bits per heavy atom. The van der Waals surface area contributed by atoms with Gasteiger partial charge in [0.25, 0.3) is 5.56 Å². The van der Waals surface area contributed by atoms with Gasteiger partial charge in [0, 0.05) is 18.2 Å². The average molecular weight is 342 g/mol. The SMILES string of the molecule is CCC(C(=O)NC1CCCCC1)n1ncn2c(cc3occc32)c1=O. The molecule has 3 aromatic heterocycles. The Labute approximate surface area is 144 Å². The highest BCUT2D eigenvalue weighted by Crippen LogP contribution is 2.20. The summed E-state index contributed by atoms with van der Waals surface area (Å²) in [6.45, 7) is 1.90. The molecule has 7 nitrogen and oxygen atoms in total. The topological polar surface area (TPSA) is 81.5 Å². The molecule has 0 aromatic carbocycles. The van der Waals surface area contributed by atoms with E-state index in [-0.39, 0.29) is 17.5 Å². The van der Waals surface area contributed by atoms with Crippen LogP contribution in [0.2, 0.25) is 0 Å². The van der Waals surface area contributed by atoms with E-state index in [9.17, 15) is 9.59 Å². The predicted octanol–water partition coefficient (Wildman–Crippen LogP) is 2.64. The fourth-order valence-corrected chi connectivity index (χ4v) is 3.75. The maximum absolute atomic E-state index is 12.9. The molecule has 1 fully saturated rings. The van der Waals surface area contributed by atoms with Crippen molar-refractivity contribution in [1.29, 1.82) is 0 Å². The van der Waals surface area contributed by atoms with Crippen LogP contribution < -0.4 is 10.9 Å². The molecule has 1 atom stereocenters. The van der Waals surface area contributed by atoms with Crippen molar-refractivity contribution in [1.82, 2.24) is 19.5 Å². The summed E-state index contributed by atoms with van der Waals surface area (Å²) in [6.07, 6.45) is 9.22. The van der Waals surface area contributed by atoms with Crippen LogP contribution >= 0.6 is 0 Å². The van der Waals surface area contributed by atoms with Gasteiger partial charge in [0.2, 0.25) is 5.91 Å². The third-order valence-corrected chi connectivity index (χ3v) is 5.12. The maximum atomic E-state index is 12.9. The molecular weight excluding hydrogens is 320 g/mol. The zero-order valence-corrected chi connectivity index (χ0v) is 14.3. The lowest BCUT2D eigenvalue weighted by molar-refractivity contribution is -0.125. The van der Waals surface area contributed by atoms with Crippen molar-refractivity contribution in [3.8, 4) is 0 Å². The normalized spacial score (nSPS) is 17.2. The molecule has 132 valence electrons. The highest BCUT2D eigenvalue weighted by atomic mass is 16.3. The number of nitrogens with one attached hydrogen (secondary N) is 1. The summed E-state index contributed by atoms with van der Waals surface area (Å²) in [7, 11) is 0. The lowest BCUT2D eigenvalue weighted by Crippen LogP contribution is -2.43. The van der Waals surface area contributed by atoms with Gasteiger partial charge in [-0.1, -0.05) is 26.2 Å². The van der Waals surface area contributed by atoms with E-state index in [1.807, 2.05) is 6.92 Å². The molecule has 1 amide bonds. The number of carbonyl (C=O) groups excluding carboxylic acids is 1. The Bertz CT molecular complexity index is 962. The van der Waals surface area contributed by atoms with E-state index in [4.69, 9.17) is 4.42 Å². The number of amides is 1. The second-order valence-electron chi connectivity index (χ2n) is 6.72. The van der Waals surface area contributed by atoms with Gasteiger partial charge in [-0.15, -0.1) is 0 Å². The molecule has 1 saturated carbocycles. The molecule has 0 aliphatic heterocycles. The number of hydrogen-bond donors (Lipinski definition) is 1. The van der Waals surface area contributed by atoms with Gasteiger partial charge in [0.15, 0.2) is 5.58 Å². The van der Waals surface area contributed by atoms with Gasteiger partial charge in [-0.05, 0) is 19.3 Å². The quantitative estimate of drug-likeness (QED) is 0.790. The van der Waals surface area contributed by atoms with Crippen molar-refractivity contribution in [2.45, 2.75) is 57.5 Å². The van der Waals surface area contributed by atoms with Crippen LogP contribution in [0.3, 0.4) is 0 Å². The third kappa shape index (κ3) is 2.73. The van der Waals surface area contributed by atoms with Crippen LogP contribution in [0.25, 0.3) is 16.6 Å². The van der Waals surface area contributed by atoms with Crippen molar-refractivity contribution >= 4 is 22.5 Å². The standard InChI is InChI=1S/C18H22N4O3/c1-2-13(17(23)20-12-6-4-3-5-7-12)22-18(24)15-10-16-14(8-9-25-16)21(15)11-19-22/h8-13H,2-7H2,1H3,(H,20,23). The van der Waals surface area contributed by atoms with Crippen molar-refractivity contribution < 1.29 is 9.21 Å². The summed E-state index contributed by atoms with van der Waals surface area (Å²) in [6, 6.07) is 3.11. The Morgan fingerprint density at radius 3 is 2.92 bits per heavy atom. The summed E-state index contributed by atoms with van der Waals surface area (Å²) in [4.78, 5) is 25.6. The molecular formula is C18H22N4O3. The number of hydrogen-bond acceptors (Lipinski definition) is 4. The molecule has 0 radical (unpaired) electrons. The average Bonchev–Trinajstić information content (AvgIpc) is 3.20. The molecule has 0 bridgehead atoms. The molecule has 0 spiro atoms. The Hall–Kier alpha value is -2.57. The van der Waals surface area contributed by atoms with Crippen molar-refractivity contribution in [2.24, 2.45) is 0 Å². The van der Waals surface area contributed by atoms with Gasteiger partial charge in [-0.3, -0.25) is 14.0 Å². The summed E-state index contributed by atoms with van der Waals surface area (Å²) >= 11 is 0. The molecule has 4 rings (SSSR count). The van der Waals surface area contributed by atoms with Gasteiger partial charge in [-0.2, -0.15) is 5.10 Å².